The Morgan fingerprint density at radius 2 is 2.20 bits per heavy atom. The zero-order valence-electron chi connectivity index (χ0n) is 9.40. The first-order valence-electron chi connectivity index (χ1n) is 5.24. The molecule has 1 aliphatic heterocycles. The number of aryl methyl sites for hydroxylation is 1. The number of aliphatic hydroxyl groups is 1. The minimum absolute atomic E-state index is 0.0544. The summed E-state index contributed by atoms with van der Waals surface area (Å²) in [5, 5.41) is 9.21. The largest absolute Gasteiger partial charge is 0.484 e. The van der Waals surface area contributed by atoms with Gasteiger partial charge in [-0.2, -0.15) is 0 Å². The van der Waals surface area contributed by atoms with Crippen molar-refractivity contribution in [1.29, 1.82) is 0 Å². The molecule has 2 atom stereocenters. The van der Waals surface area contributed by atoms with Gasteiger partial charge in [0.15, 0.2) is 0 Å². The van der Waals surface area contributed by atoms with Crippen molar-refractivity contribution in [2.75, 3.05) is 18.6 Å². The molecule has 1 aromatic rings. The third kappa shape index (κ3) is 1.67. The van der Waals surface area contributed by atoms with Gasteiger partial charge in [0.2, 0.25) is 0 Å². The van der Waals surface area contributed by atoms with Crippen LogP contribution in [0, 0.1) is 6.92 Å². The van der Waals surface area contributed by atoms with E-state index in [0.29, 0.717) is 0 Å². The average molecular weight is 207 g/mol. The molecule has 0 saturated heterocycles. The fraction of sp³-hybridized carbons (Fsp3) is 0.500. The van der Waals surface area contributed by atoms with Gasteiger partial charge in [-0.05, 0) is 31.5 Å². The van der Waals surface area contributed by atoms with Crippen LogP contribution < -0.4 is 9.64 Å². The normalized spacial score (nSPS) is 24.7. The summed E-state index contributed by atoms with van der Waals surface area (Å²) in [6, 6.07) is 6.30. The minimum atomic E-state index is -0.134. The van der Waals surface area contributed by atoms with Crippen molar-refractivity contribution in [3.63, 3.8) is 0 Å². The van der Waals surface area contributed by atoms with E-state index in [1.54, 1.807) is 0 Å². The van der Waals surface area contributed by atoms with Crippen molar-refractivity contribution in [2.45, 2.75) is 26.0 Å². The van der Waals surface area contributed by atoms with Gasteiger partial charge < -0.3 is 14.7 Å². The first-order chi connectivity index (χ1) is 7.13. The van der Waals surface area contributed by atoms with Crippen molar-refractivity contribution in [1.82, 2.24) is 0 Å². The van der Waals surface area contributed by atoms with Gasteiger partial charge in [-0.15, -0.1) is 0 Å². The first kappa shape index (κ1) is 10.3. The van der Waals surface area contributed by atoms with Crippen LogP contribution in [-0.2, 0) is 0 Å². The van der Waals surface area contributed by atoms with Crippen LogP contribution in [0.2, 0.25) is 0 Å². The number of hydrogen-bond donors (Lipinski definition) is 1. The molecule has 0 amide bonds. The first-order valence-corrected chi connectivity index (χ1v) is 5.24. The lowest BCUT2D eigenvalue weighted by molar-refractivity contribution is 0.0889. The van der Waals surface area contributed by atoms with Crippen molar-refractivity contribution >= 4 is 5.69 Å². The van der Waals surface area contributed by atoms with Gasteiger partial charge in [0.1, 0.15) is 11.9 Å². The fourth-order valence-corrected chi connectivity index (χ4v) is 1.92. The molecule has 15 heavy (non-hydrogen) atoms. The van der Waals surface area contributed by atoms with E-state index >= 15 is 0 Å². The van der Waals surface area contributed by atoms with Crippen LogP contribution in [0.25, 0.3) is 0 Å². The number of hydrogen-bond acceptors (Lipinski definition) is 3. The molecule has 2 unspecified atom stereocenters. The van der Waals surface area contributed by atoms with Gasteiger partial charge >= 0.3 is 0 Å². The van der Waals surface area contributed by atoms with Gasteiger partial charge in [-0.1, -0.05) is 6.07 Å². The minimum Gasteiger partial charge on any atom is -0.484 e. The maximum atomic E-state index is 9.21. The lowest BCUT2D eigenvalue weighted by atomic mass is 10.1. The van der Waals surface area contributed by atoms with E-state index in [2.05, 4.69) is 24.8 Å². The Bertz CT molecular complexity index is 365. The van der Waals surface area contributed by atoms with E-state index in [1.165, 1.54) is 5.56 Å². The van der Waals surface area contributed by atoms with Crippen molar-refractivity contribution in [2.24, 2.45) is 0 Å². The third-order valence-corrected chi connectivity index (χ3v) is 3.10. The topological polar surface area (TPSA) is 32.7 Å². The second-order valence-electron chi connectivity index (χ2n) is 4.16. The van der Waals surface area contributed by atoms with Gasteiger partial charge in [0, 0.05) is 7.05 Å². The number of rotatable bonds is 1. The summed E-state index contributed by atoms with van der Waals surface area (Å²) in [6.07, 6.45) is -0.134. The van der Waals surface area contributed by atoms with Gasteiger partial charge in [-0.3, -0.25) is 0 Å². The van der Waals surface area contributed by atoms with E-state index in [0.717, 1.165) is 11.4 Å². The van der Waals surface area contributed by atoms with E-state index in [9.17, 15) is 5.11 Å². The molecule has 3 nitrogen and oxygen atoms in total. The standard InChI is InChI=1S/C12H17NO2/c1-8-4-5-11-10(6-8)13(3)9(2)12(7-14)15-11/h4-6,9,12,14H,7H2,1-3H3. The van der Waals surface area contributed by atoms with Crippen LogP contribution in [0.1, 0.15) is 12.5 Å². The number of ether oxygens (including phenoxy) is 1. The summed E-state index contributed by atoms with van der Waals surface area (Å²) in [5.41, 5.74) is 2.33. The number of aliphatic hydroxyl groups excluding tert-OH is 1. The van der Waals surface area contributed by atoms with Crippen LogP contribution in [0.4, 0.5) is 5.69 Å². The second kappa shape index (κ2) is 3.74. The fourth-order valence-electron chi connectivity index (χ4n) is 1.92. The molecule has 82 valence electrons. The van der Waals surface area contributed by atoms with E-state index in [-0.39, 0.29) is 18.8 Å². The molecule has 3 heteroatoms. The highest BCUT2D eigenvalue weighted by Gasteiger charge is 2.29. The molecule has 0 fully saturated rings. The monoisotopic (exact) mass is 207 g/mol. The number of fused-ring (bicyclic) bond motifs is 1. The predicted octanol–water partition coefficient (Wildman–Crippen LogP) is 1.57. The van der Waals surface area contributed by atoms with Gasteiger partial charge in [0.25, 0.3) is 0 Å². The highest BCUT2D eigenvalue weighted by atomic mass is 16.5. The molecule has 1 aliphatic rings. The zero-order valence-corrected chi connectivity index (χ0v) is 9.40. The molecule has 0 spiro atoms. The van der Waals surface area contributed by atoms with Gasteiger partial charge in [0.05, 0.1) is 18.3 Å². The number of benzene rings is 1. The Hall–Kier alpha value is -1.22. The number of anilines is 1. The molecule has 0 saturated carbocycles. The lowest BCUT2D eigenvalue weighted by Gasteiger charge is -2.39. The van der Waals surface area contributed by atoms with Crippen molar-refractivity contribution in [3.8, 4) is 5.75 Å². The maximum absolute atomic E-state index is 9.21. The third-order valence-electron chi connectivity index (χ3n) is 3.10. The van der Waals surface area contributed by atoms with E-state index < -0.39 is 0 Å². The lowest BCUT2D eigenvalue weighted by Crippen LogP contribution is -2.47. The van der Waals surface area contributed by atoms with Gasteiger partial charge in [-0.25, -0.2) is 0 Å². The van der Waals surface area contributed by atoms with E-state index in [4.69, 9.17) is 4.74 Å². The Balaban J connectivity index is 2.40. The van der Waals surface area contributed by atoms with Crippen LogP contribution in [0.5, 0.6) is 5.75 Å². The van der Waals surface area contributed by atoms with Crippen LogP contribution in [-0.4, -0.2) is 30.9 Å². The maximum Gasteiger partial charge on any atom is 0.143 e. The summed E-state index contributed by atoms with van der Waals surface area (Å²) < 4.78 is 5.73. The van der Waals surface area contributed by atoms with Crippen molar-refractivity contribution in [3.05, 3.63) is 23.8 Å². The number of nitrogens with zero attached hydrogens (tertiary/aromatic N) is 1. The molecule has 2 rings (SSSR count). The molecule has 0 aromatic heterocycles. The molecular weight excluding hydrogens is 190 g/mol. The Morgan fingerprint density at radius 1 is 1.47 bits per heavy atom. The smallest absolute Gasteiger partial charge is 0.143 e. The SMILES string of the molecule is Cc1ccc2c(c1)N(C)C(C)C(CO)O2. The quantitative estimate of drug-likeness (QED) is 0.758. The predicted molar refractivity (Wildman–Crippen MR) is 60.5 cm³/mol. The molecule has 0 bridgehead atoms. The van der Waals surface area contributed by atoms with E-state index in [1.807, 2.05) is 19.2 Å². The number of likely N-dealkylation sites (N-methyl/N-ethyl adjacent to an activating group) is 1. The second-order valence-corrected chi connectivity index (χ2v) is 4.16. The Morgan fingerprint density at radius 3 is 2.87 bits per heavy atom. The molecule has 1 heterocycles. The van der Waals surface area contributed by atoms with Crippen LogP contribution in [0.15, 0.2) is 18.2 Å². The summed E-state index contributed by atoms with van der Waals surface area (Å²) in [4.78, 5) is 2.16. The molecule has 1 N–H and O–H groups in total. The van der Waals surface area contributed by atoms with Crippen molar-refractivity contribution < 1.29 is 9.84 Å². The Labute approximate surface area is 90.3 Å². The summed E-state index contributed by atoms with van der Waals surface area (Å²) in [5.74, 6) is 0.861. The molecule has 0 radical (unpaired) electrons. The summed E-state index contributed by atoms with van der Waals surface area (Å²) in [7, 11) is 2.04. The average Bonchev–Trinajstić information content (AvgIpc) is 2.24. The molecule has 1 aromatic carbocycles. The van der Waals surface area contributed by atoms with Crippen LogP contribution >= 0.6 is 0 Å². The highest BCUT2D eigenvalue weighted by Crippen LogP contribution is 2.35. The summed E-state index contributed by atoms with van der Waals surface area (Å²) >= 11 is 0. The highest BCUT2D eigenvalue weighted by molar-refractivity contribution is 5.61. The molecule has 0 aliphatic carbocycles. The van der Waals surface area contributed by atoms with Crippen LogP contribution in [0.3, 0.4) is 0 Å². The molecular formula is C12H17NO2. The Kier molecular flexibility index (Phi) is 2.57. The zero-order chi connectivity index (χ0) is 11.0. The summed E-state index contributed by atoms with van der Waals surface area (Å²) in [6.45, 7) is 4.18.